The second kappa shape index (κ2) is 6.12. The summed E-state index contributed by atoms with van der Waals surface area (Å²) < 4.78 is 21.0. The topological polar surface area (TPSA) is 81.8 Å². The van der Waals surface area contributed by atoms with E-state index in [9.17, 15) is 9.46 Å². The maximum absolute atomic E-state index is 11.3. The first-order valence-corrected chi connectivity index (χ1v) is 7.29. The lowest BCUT2D eigenvalue weighted by molar-refractivity contribution is 0.145. The van der Waals surface area contributed by atoms with Crippen LogP contribution in [0.15, 0.2) is 0 Å². The van der Waals surface area contributed by atoms with Gasteiger partial charge in [0.05, 0.1) is 13.2 Å². The van der Waals surface area contributed by atoms with E-state index < -0.39 is 7.82 Å². The maximum atomic E-state index is 11.3. The minimum atomic E-state index is -3.85. The highest BCUT2D eigenvalue weighted by atomic mass is 31.2. The molecule has 1 rings (SSSR count). The molecule has 4 atom stereocenters. The van der Waals surface area contributed by atoms with Gasteiger partial charge in [-0.25, -0.2) is 4.57 Å². The van der Waals surface area contributed by atoms with Crippen molar-refractivity contribution < 1.29 is 18.5 Å². The molecule has 96 valence electrons. The van der Waals surface area contributed by atoms with Crippen LogP contribution in [-0.2, 0) is 13.6 Å². The Morgan fingerprint density at radius 3 is 2.56 bits per heavy atom. The number of hydrogen-bond donors (Lipinski definition) is 2. The van der Waals surface area contributed by atoms with Crippen LogP contribution in [-0.4, -0.2) is 24.1 Å². The Labute approximate surface area is 96.9 Å². The molecule has 1 fully saturated rings. The fourth-order valence-corrected chi connectivity index (χ4v) is 2.64. The van der Waals surface area contributed by atoms with Gasteiger partial charge in [-0.15, -0.1) is 0 Å². The third-order valence-electron chi connectivity index (χ3n) is 3.34. The highest BCUT2D eigenvalue weighted by Crippen LogP contribution is 2.44. The molecule has 6 heteroatoms. The molecule has 0 aliphatic carbocycles. The van der Waals surface area contributed by atoms with Crippen molar-refractivity contribution in [3.05, 3.63) is 0 Å². The van der Waals surface area contributed by atoms with Crippen molar-refractivity contribution in [2.75, 3.05) is 13.2 Å². The molecule has 0 aromatic rings. The molecule has 0 aromatic carbocycles. The van der Waals surface area contributed by atoms with Gasteiger partial charge in [0, 0.05) is 6.04 Å². The number of rotatable bonds is 0. The van der Waals surface area contributed by atoms with Gasteiger partial charge in [0.15, 0.2) is 0 Å². The molecule has 1 saturated heterocycles. The summed E-state index contributed by atoms with van der Waals surface area (Å²) in [5, 5.41) is 0. The summed E-state index contributed by atoms with van der Waals surface area (Å²) in [5.74, 6) is 0.884. The van der Waals surface area contributed by atoms with Gasteiger partial charge in [-0.1, -0.05) is 13.8 Å². The van der Waals surface area contributed by atoms with Crippen LogP contribution >= 0.6 is 7.82 Å². The quantitative estimate of drug-likeness (QED) is 0.642. The van der Waals surface area contributed by atoms with Crippen LogP contribution in [0.1, 0.15) is 33.1 Å². The average molecular weight is 251 g/mol. The maximum Gasteiger partial charge on any atom is 0.472 e. The van der Waals surface area contributed by atoms with E-state index in [0.717, 1.165) is 12.8 Å². The van der Waals surface area contributed by atoms with E-state index in [1.54, 1.807) is 0 Å². The van der Waals surface area contributed by atoms with Gasteiger partial charge in [-0.3, -0.25) is 9.05 Å². The second-order valence-electron chi connectivity index (χ2n) is 4.57. The van der Waals surface area contributed by atoms with Gasteiger partial charge in [-0.2, -0.15) is 0 Å². The highest BCUT2D eigenvalue weighted by molar-refractivity contribution is 7.47. The van der Waals surface area contributed by atoms with Gasteiger partial charge in [0.2, 0.25) is 0 Å². The predicted molar refractivity (Wildman–Crippen MR) is 61.9 cm³/mol. The van der Waals surface area contributed by atoms with E-state index >= 15 is 0 Å². The molecule has 0 saturated carbocycles. The molecule has 0 bridgehead atoms. The molecule has 16 heavy (non-hydrogen) atoms. The molecule has 1 unspecified atom stereocenters. The normalized spacial score (nSPS) is 43.6. The van der Waals surface area contributed by atoms with Gasteiger partial charge in [0.25, 0.3) is 0 Å². The first kappa shape index (κ1) is 14.1. The molecule has 1 aliphatic rings. The summed E-state index contributed by atoms with van der Waals surface area (Å²) in [4.78, 5) is 9.28. The number of phosphoric acid groups is 1. The molecule has 1 aliphatic heterocycles. The van der Waals surface area contributed by atoms with E-state index in [1.807, 2.05) is 0 Å². The fraction of sp³-hybridized carbons (Fsp3) is 1.00. The predicted octanol–water partition coefficient (Wildman–Crippen LogP) is 1.90. The Morgan fingerprint density at radius 2 is 1.88 bits per heavy atom. The Kier molecular flexibility index (Phi) is 5.41. The number of nitrogens with two attached hydrogens (primary N) is 1. The summed E-state index contributed by atoms with van der Waals surface area (Å²) in [6.45, 7) is 4.71. The SMILES string of the molecule is C[C@@H]1[C@H](C)CCCOP(=O)(O)OCC[C@H]1N. The van der Waals surface area contributed by atoms with Crippen LogP contribution in [0.5, 0.6) is 0 Å². The number of hydrogen-bond acceptors (Lipinski definition) is 4. The zero-order valence-corrected chi connectivity index (χ0v) is 10.9. The van der Waals surface area contributed by atoms with Crippen molar-refractivity contribution in [1.82, 2.24) is 0 Å². The smallest absolute Gasteiger partial charge is 0.327 e. The summed E-state index contributed by atoms with van der Waals surface area (Å²) >= 11 is 0. The molecule has 0 spiro atoms. The molecule has 0 radical (unpaired) electrons. The zero-order valence-electron chi connectivity index (χ0n) is 9.96. The first-order valence-electron chi connectivity index (χ1n) is 5.80. The Morgan fingerprint density at radius 1 is 1.25 bits per heavy atom. The summed E-state index contributed by atoms with van der Waals surface area (Å²) in [7, 11) is -3.85. The standard InChI is InChI=1S/C10H22NO4P/c1-8-4-3-6-14-16(12,13)15-7-5-10(11)9(8)2/h8-10H,3-7,11H2,1-2H3,(H,12,13)/t8-,9-,10-/m1/s1. The largest absolute Gasteiger partial charge is 0.472 e. The highest BCUT2D eigenvalue weighted by Gasteiger charge is 2.25. The number of phosphoric ester groups is 1. The van der Waals surface area contributed by atoms with E-state index in [-0.39, 0.29) is 19.3 Å². The zero-order chi connectivity index (χ0) is 12.2. The molecule has 3 N–H and O–H groups in total. The van der Waals surface area contributed by atoms with Gasteiger partial charge in [-0.05, 0) is 31.1 Å². The van der Waals surface area contributed by atoms with E-state index in [0.29, 0.717) is 18.3 Å². The Bertz CT molecular complexity index is 261. The molecule has 0 amide bonds. The van der Waals surface area contributed by atoms with Gasteiger partial charge >= 0.3 is 7.82 Å². The van der Waals surface area contributed by atoms with E-state index in [4.69, 9.17) is 14.8 Å². The Hall–Kier alpha value is 0.0700. The van der Waals surface area contributed by atoms with Crippen LogP contribution in [0.3, 0.4) is 0 Å². The molecule has 1 heterocycles. The molecular formula is C10H22NO4P. The monoisotopic (exact) mass is 251 g/mol. The average Bonchev–Trinajstić information content (AvgIpc) is 2.22. The lowest BCUT2D eigenvalue weighted by Crippen LogP contribution is -2.33. The molecule has 5 nitrogen and oxygen atoms in total. The van der Waals surface area contributed by atoms with Crippen molar-refractivity contribution in [2.24, 2.45) is 17.6 Å². The minimum absolute atomic E-state index is 0.00750. The molecule has 0 aromatic heterocycles. The van der Waals surface area contributed by atoms with Crippen LogP contribution in [0.2, 0.25) is 0 Å². The van der Waals surface area contributed by atoms with Crippen molar-refractivity contribution in [3.8, 4) is 0 Å². The van der Waals surface area contributed by atoms with Crippen molar-refractivity contribution >= 4 is 7.82 Å². The van der Waals surface area contributed by atoms with Crippen LogP contribution in [0.4, 0.5) is 0 Å². The summed E-state index contributed by atoms with van der Waals surface area (Å²) in [5.41, 5.74) is 6.01. The van der Waals surface area contributed by atoms with Crippen molar-refractivity contribution in [1.29, 1.82) is 0 Å². The summed E-state index contributed by atoms with van der Waals surface area (Å²) in [6, 6.07) is 0.00750. The van der Waals surface area contributed by atoms with Crippen LogP contribution < -0.4 is 5.73 Å². The molecular weight excluding hydrogens is 229 g/mol. The lowest BCUT2D eigenvalue weighted by Gasteiger charge is -2.25. The summed E-state index contributed by atoms with van der Waals surface area (Å²) in [6.07, 6.45) is 2.29. The fourth-order valence-electron chi connectivity index (χ4n) is 1.87. The first-order chi connectivity index (χ1) is 7.42. The Balaban J connectivity index is 2.58. The van der Waals surface area contributed by atoms with Crippen LogP contribution in [0, 0.1) is 11.8 Å². The van der Waals surface area contributed by atoms with Crippen molar-refractivity contribution in [3.63, 3.8) is 0 Å². The second-order valence-corrected chi connectivity index (χ2v) is 6.02. The minimum Gasteiger partial charge on any atom is -0.327 e. The van der Waals surface area contributed by atoms with E-state index in [2.05, 4.69) is 13.8 Å². The van der Waals surface area contributed by atoms with Crippen LogP contribution in [0.25, 0.3) is 0 Å². The van der Waals surface area contributed by atoms with E-state index in [1.165, 1.54) is 0 Å². The third-order valence-corrected chi connectivity index (χ3v) is 4.35. The van der Waals surface area contributed by atoms with Gasteiger partial charge in [0.1, 0.15) is 0 Å². The van der Waals surface area contributed by atoms with Crippen molar-refractivity contribution in [2.45, 2.75) is 39.2 Å². The third kappa shape index (κ3) is 4.52. The lowest BCUT2D eigenvalue weighted by atomic mass is 9.85. The van der Waals surface area contributed by atoms with Gasteiger partial charge < -0.3 is 10.6 Å².